The van der Waals surface area contributed by atoms with Gasteiger partial charge in [0.05, 0.1) is 11.4 Å². The van der Waals surface area contributed by atoms with Crippen LogP contribution in [0.2, 0.25) is 0 Å². The van der Waals surface area contributed by atoms with Crippen molar-refractivity contribution in [2.24, 2.45) is 5.92 Å². The van der Waals surface area contributed by atoms with Crippen molar-refractivity contribution in [3.05, 3.63) is 24.3 Å². The van der Waals surface area contributed by atoms with Crippen molar-refractivity contribution in [2.75, 3.05) is 43.9 Å². The molecule has 1 aromatic carbocycles. The number of rotatable bonds is 3. The lowest BCUT2D eigenvalue weighted by atomic mass is 9.84. The van der Waals surface area contributed by atoms with Crippen molar-refractivity contribution < 1.29 is 0 Å². The first kappa shape index (κ1) is 11.8. The van der Waals surface area contributed by atoms with Crippen molar-refractivity contribution in [3.63, 3.8) is 0 Å². The molecule has 0 spiro atoms. The lowest BCUT2D eigenvalue weighted by Gasteiger charge is -2.45. The quantitative estimate of drug-likeness (QED) is 0.881. The maximum atomic E-state index is 3.78. The molecule has 0 radical (unpaired) electrons. The highest BCUT2D eigenvalue weighted by molar-refractivity contribution is 5.69. The number of hydrogen-bond acceptors (Lipinski definition) is 3. The molecular formula is C15H23N3. The average molecular weight is 245 g/mol. The van der Waals surface area contributed by atoms with Crippen molar-refractivity contribution in [1.29, 1.82) is 0 Å². The van der Waals surface area contributed by atoms with Gasteiger partial charge in [0.2, 0.25) is 0 Å². The van der Waals surface area contributed by atoms with Crippen LogP contribution in [0.4, 0.5) is 11.4 Å². The van der Waals surface area contributed by atoms with Gasteiger partial charge in [-0.1, -0.05) is 12.1 Å². The van der Waals surface area contributed by atoms with E-state index in [-0.39, 0.29) is 0 Å². The monoisotopic (exact) mass is 245 g/mol. The maximum Gasteiger partial charge on any atom is 0.0596 e. The molecule has 0 amide bonds. The van der Waals surface area contributed by atoms with Crippen LogP contribution in [0.1, 0.15) is 12.8 Å². The fraction of sp³-hybridized carbons (Fsp3) is 0.600. The number of nitrogens with one attached hydrogen (secondary N) is 1. The Balaban J connectivity index is 1.76. The van der Waals surface area contributed by atoms with E-state index >= 15 is 0 Å². The van der Waals surface area contributed by atoms with Gasteiger partial charge in [0.1, 0.15) is 0 Å². The summed E-state index contributed by atoms with van der Waals surface area (Å²) >= 11 is 0. The van der Waals surface area contributed by atoms with Crippen LogP contribution in [0.15, 0.2) is 24.3 Å². The van der Waals surface area contributed by atoms with Crippen molar-refractivity contribution in [1.82, 2.24) is 4.90 Å². The number of anilines is 2. The number of piperidine rings is 3. The number of benzene rings is 1. The Morgan fingerprint density at radius 2 is 1.89 bits per heavy atom. The van der Waals surface area contributed by atoms with Crippen LogP contribution in [-0.2, 0) is 0 Å². The fourth-order valence-electron chi connectivity index (χ4n) is 3.31. The van der Waals surface area contributed by atoms with Gasteiger partial charge in [-0.3, -0.25) is 0 Å². The highest BCUT2D eigenvalue weighted by atomic mass is 15.2. The first-order valence-electron chi connectivity index (χ1n) is 6.99. The van der Waals surface area contributed by atoms with Gasteiger partial charge in [0.25, 0.3) is 0 Å². The molecule has 1 aromatic rings. The van der Waals surface area contributed by atoms with Gasteiger partial charge in [-0.2, -0.15) is 0 Å². The van der Waals surface area contributed by atoms with E-state index in [2.05, 4.69) is 53.5 Å². The van der Waals surface area contributed by atoms with E-state index < -0.39 is 0 Å². The topological polar surface area (TPSA) is 18.5 Å². The largest absolute Gasteiger partial charge is 0.379 e. The minimum Gasteiger partial charge on any atom is -0.379 e. The van der Waals surface area contributed by atoms with Crippen LogP contribution < -0.4 is 10.2 Å². The van der Waals surface area contributed by atoms with Gasteiger partial charge in [-0.25, -0.2) is 0 Å². The lowest BCUT2D eigenvalue weighted by Crippen LogP contribution is -2.53. The van der Waals surface area contributed by atoms with E-state index in [1.807, 2.05) is 0 Å². The van der Waals surface area contributed by atoms with Gasteiger partial charge in [-0.15, -0.1) is 0 Å². The summed E-state index contributed by atoms with van der Waals surface area (Å²) in [5.74, 6) is 0.866. The van der Waals surface area contributed by atoms with E-state index in [0.29, 0.717) is 6.04 Å². The summed E-state index contributed by atoms with van der Waals surface area (Å²) in [6, 6.07) is 9.25. The molecule has 1 unspecified atom stereocenters. The van der Waals surface area contributed by atoms with Crippen LogP contribution in [0.5, 0.6) is 0 Å². The van der Waals surface area contributed by atoms with Gasteiger partial charge in [0, 0.05) is 26.7 Å². The van der Waals surface area contributed by atoms with Gasteiger partial charge < -0.3 is 15.1 Å². The Morgan fingerprint density at radius 1 is 1.17 bits per heavy atom. The van der Waals surface area contributed by atoms with E-state index in [1.165, 1.54) is 43.9 Å². The van der Waals surface area contributed by atoms with Gasteiger partial charge in [-0.05, 0) is 44.0 Å². The molecule has 4 rings (SSSR count). The van der Waals surface area contributed by atoms with Gasteiger partial charge in [0.15, 0.2) is 0 Å². The molecule has 3 fully saturated rings. The summed E-state index contributed by atoms with van der Waals surface area (Å²) in [7, 11) is 4.22. The summed E-state index contributed by atoms with van der Waals surface area (Å²) in [5, 5.41) is 3.78. The van der Waals surface area contributed by atoms with E-state index in [9.17, 15) is 0 Å². The van der Waals surface area contributed by atoms with Crippen molar-refractivity contribution in [2.45, 2.75) is 18.9 Å². The Kier molecular flexibility index (Phi) is 3.16. The normalized spacial score (nSPS) is 30.2. The molecule has 3 saturated heterocycles. The second-order valence-electron chi connectivity index (χ2n) is 5.80. The molecule has 98 valence electrons. The summed E-state index contributed by atoms with van der Waals surface area (Å²) in [5.41, 5.74) is 2.56. The molecule has 3 heteroatoms. The molecule has 3 heterocycles. The third kappa shape index (κ3) is 2.19. The van der Waals surface area contributed by atoms with Crippen LogP contribution in [-0.4, -0.2) is 44.7 Å². The first-order valence-corrected chi connectivity index (χ1v) is 6.99. The number of para-hydroxylation sites is 2. The zero-order valence-corrected chi connectivity index (χ0v) is 11.4. The van der Waals surface area contributed by atoms with E-state index in [1.54, 1.807) is 0 Å². The third-order valence-electron chi connectivity index (χ3n) is 4.38. The van der Waals surface area contributed by atoms with Gasteiger partial charge >= 0.3 is 0 Å². The zero-order chi connectivity index (χ0) is 12.5. The average Bonchev–Trinajstić information content (AvgIpc) is 2.40. The first-order chi connectivity index (χ1) is 8.74. The summed E-state index contributed by atoms with van der Waals surface area (Å²) in [4.78, 5) is 4.78. The molecule has 0 saturated carbocycles. The summed E-state index contributed by atoms with van der Waals surface area (Å²) in [6.07, 6.45) is 2.73. The second kappa shape index (κ2) is 4.81. The van der Waals surface area contributed by atoms with Crippen LogP contribution >= 0.6 is 0 Å². The van der Waals surface area contributed by atoms with Crippen LogP contribution in [0.25, 0.3) is 0 Å². The molecule has 3 aliphatic heterocycles. The summed E-state index contributed by atoms with van der Waals surface area (Å²) in [6.45, 7) is 3.82. The van der Waals surface area contributed by atoms with Crippen LogP contribution in [0.3, 0.4) is 0 Å². The molecule has 1 atom stereocenters. The molecule has 3 aliphatic rings. The SMILES string of the molecule is CN(C)c1ccccc1NC1CN2CCC1CC2. The standard InChI is InChI=1S/C15H23N3/c1-17(2)15-6-4-3-5-13(15)16-14-11-18-9-7-12(14)8-10-18/h3-6,12,14,16H,7-11H2,1-2H3. The molecule has 3 nitrogen and oxygen atoms in total. The minimum absolute atomic E-state index is 0.633. The Labute approximate surface area is 110 Å². The fourth-order valence-corrected chi connectivity index (χ4v) is 3.31. The Hall–Kier alpha value is -1.22. The van der Waals surface area contributed by atoms with E-state index in [4.69, 9.17) is 0 Å². The molecule has 18 heavy (non-hydrogen) atoms. The highest BCUT2D eigenvalue weighted by Crippen LogP contribution is 2.32. The number of nitrogens with zero attached hydrogens (tertiary/aromatic N) is 2. The summed E-state index contributed by atoms with van der Waals surface area (Å²) < 4.78 is 0. The van der Waals surface area contributed by atoms with Crippen molar-refractivity contribution in [3.8, 4) is 0 Å². The third-order valence-corrected chi connectivity index (χ3v) is 4.38. The van der Waals surface area contributed by atoms with Crippen molar-refractivity contribution >= 4 is 11.4 Å². The van der Waals surface area contributed by atoms with Crippen LogP contribution in [0, 0.1) is 5.92 Å². The molecular weight excluding hydrogens is 222 g/mol. The Bertz CT molecular complexity index is 408. The molecule has 0 aromatic heterocycles. The Morgan fingerprint density at radius 3 is 2.50 bits per heavy atom. The molecule has 2 bridgehead atoms. The predicted octanol–water partition coefficient (Wildman–Crippen LogP) is 2.26. The number of hydrogen-bond donors (Lipinski definition) is 1. The maximum absolute atomic E-state index is 3.78. The minimum atomic E-state index is 0.633. The van der Waals surface area contributed by atoms with E-state index in [0.717, 1.165) is 5.92 Å². The predicted molar refractivity (Wildman–Crippen MR) is 77.3 cm³/mol. The second-order valence-corrected chi connectivity index (χ2v) is 5.80. The smallest absolute Gasteiger partial charge is 0.0596 e. The number of fused-ring (bicyclic) bond motifs is 3. The molecule has 1 N–H and O–H groups in total. The zero-order valence-electron chi connectivity index (χ0n) is 11.4. The molecule has 0 aliphatic carbocycles. The lowest BCUT2D eigenvalue weighted by molar-refractivity contribution is 0.0975. The highest BCUT2D eigenvalue weighted by Gasteiger charge is 2.34.